The minimum Gasteiger partial charge on any atom is -0.337 e. The van der Waals surface area contributed by atoms with Crippen LogP contribution in [0.15, 0.2) is 24.3 Å². The van der Waals surface area contributed by atoms with Crippen molar-refractivity contribution in [1.82, 2.24) is 10.2 Å². The fourth-order valence-corrected chi connectivity index (χ4v) is 3.09. The van der Waals surface area contributed by atoms with E-state index in [1.54, 1.807) is 0 Å². The summed E-state index contributed by atoms with van der Waals surface area (Å²) in [6.07, 6.45) is 4.78. The second-order valence-corrected chi connectivity index (χ2v) is 6.06. The molecule has 1 heterocycles. The summed E-state index contributed by atoms with van der Waals surface area (Å²) in [6.45, 7) is 4.99. The lowest BCUT2D eigenvalue weighted by molar-refractivity contribution is 0.0717. The molecule has 2 aliphatic rings. The first-order valence-electron chi connectivity index (χ1n) is 7.90. The summed E-state index contributed by atoms with van der Waals surface area (Å²) in [6, 6.07) is 8.53. The summed E-state index contributed by atoms with van der Waals surface area (Å²) < 4.78 is 0. The summed E-state index contributed by atoms with van der Waals surface area (Å²) in [5.41, 5.74) is 2.11. The highest BCUT2D eigenvalue weighted by atomic mass is 16.2. The molecule has 0 saturated heterocycles. The van der Waals surface area contributed by atoms with Crippen molar-refractivity contribution in [3.8, 4) is 0 Å². The highest BCUT2D eigenvalue weighted by molar-refractivity contribution is 5.96. The van der Waals surface area contributed by atoms with Crippen molar-refractivity contribution in [1.29, 1.82) is 0 Å². The molecule has 3 heteroatoms. The van der Waals surface area contributed by atoms with Crippen LogP contribution in [-0.4, -0.2) is 36.5 Å². The molecule has 20 heavy (non-hydrogen) atoms. The van der Waals surface area contributed by atoms with E-state index in [0.29, 0.717) is 6.04 Å². The van der Waals surface area contributed by atoms with Crippen LogP contribution in [0.4, 0.5) is 0 Å². The van der Waals surface area contributed by atoms with Gasteiger partial charge in [0.05, 0.1) is 0 Å². The molecule has 1 aliphatic heterocycles. The molecule has 1 unspecified atom stereocenters. The van der Waals surface area contributed by atoms with Crippen LogP contribution in [0.25, 0.3) is 0 Å². The van der Waals surface area contributed by atoms with Gasteiger partial charge in [-0.1, -0.05) is 25.1 Å². The predicted octanol–water partition coefficient (Wildman–Crippen LogP) is 2.46. The Bertz CT molecular complexity index is 482. The lowest BCUT2D eigenvalue weighted by Gasteiger charge is -2.32. The summed E-state index contributed by atoms with van der Waals surface area (Å²) >= 11 is 0. The van der Waals surface area contributed by atoms with E-state index >= 15 is 0 Å². The number of carbonyl (C=O) groups is 1. The first kappa shape index (κ1) is 13.6. The maximum atomic E-state index is 12.6. The van der Waals surface area contributed by atoms with E-state index in [9.17, 15) is 4.79 Å². The van der Waals surface area contributed by atoms with Gasteiger partial charge in [0, 0.05) is 24.7 Å². The van der Waals surface area contributed by atoms with Crippen LogP contribution in [0.5, 0.6) is 0 Å². The van der Waals surface area contributed by atoms with Gasteiger partial charge in [0.25, 0.3) is 5.91 Å². The average Bonchev–Trinajstić information content (AvgIpc) is 3.30. The van der Waals surface area contributed by atoms with Crippen LogP contribution in [0, 0.1) is 5.92 Å². The number of nitrogens with one attached hydrogen (secondary N) is 1. The van der Waals surface area contributed by atoms with Gasteiger partial charge in [0.1, 0.15) is 0 Å². The van der Waals surface area contributed by atoms with Crippen molar-refractivity contribution in [2.24, 2.45) is 5.92 Å². The van der Waals surface area contributed by atoms with Crippen LogP contribution in [0.2, 0.25) is 0 Å². The van der Waals surface area contributed by atoms with Gasteiger partial charge in [-0.3, -0.25) is 4.79 Å². The Morgan fingerprint density at radius 2 is 2.15 bits per heavy atom. The Morgan fingerprint density at radius 1 is 1.35 bits per heavy atom. The normalized spacial score (nSPS) is 19.9. The number of rotatable bonds is 6. The minimum absolute atomic E-state index is 0.218. The molecule has 108 valence electrons. The molecule has 1 saturated carbocycles. The number of nitrogens with zero attached hydrogens (tertiary/aromatic N) is 1. The highest BCUT2D eigenvalue weighted by Crippen LogP contribution is 2.33. The van der Waals surface area contributed by atoms with Gasteiger partial charge in [-0.05, 0) is 49.8 Å². The highest BCUT2D eigenvalue weighted by Gasteiger charge is 2.34. The number of benzene rings is 1. The van der Waals surface area contributed by atoms with Crippen LogP contribution in [-0.2, 0) is 6.42 Å². The minimum atomic E-state index is 0.218. The first-order chi connectivity index (χ1) is 9.79. The van der Waals surface area contributed by atoms with Crippen LogP contribution < -0.4 is 5.32 Å². The Kier molecular flexibility index (Phi) is 4.06. The van der Waals surface area contributed by atoms with Gasteiger partial charge in [-0.2, -0.15) is 0 Å². The molecule has 0 bridgehead atoms. The van der Waals surface area contributed by atoms with Gasteiger partial charge < -0.3 is 10.2 Å². The maximum absolute atomic E-state index is 12.6. The van der Waals surface area contributed by atoms with Crippen molar-refractivity contribution in [3.05, 3.63) is 35.4 Å². The molecule has 3 rings (SSSR count). The number of hydrogen-bond donors (Lipinski definition) is 1. The van der Waals surface area contributed by atoms with Crippen molar-refractivity contribution in [2.45, 2.75) is 38.6 Å². The monoisotopic (exact) mass is 272 g/mol. The van der Waals surface area contributed by atoms with Crippen molar-refractivity contribution < 1.29 is 4.79 Å². The number of fused-ring (bicyclic) bond motifs is 1. The lowest BCUT2D eigenvalue weighted by atomic mass is 9.98. The molecule has 3 nitrogen and oxygen atoms in total. The maximum Gasteiger partial charge on any atom is 0.254 e. The van der Waals surface area contributed by atoms with Crippen molar-refractivity contribution in [3.63, 3.8) is 0 Å². The van der Waals surface area contributed by atoms with Crippen molar-refractivity contribution in [2.75, 3.05) is 19.6 Å². The molecular formula is C17H24N2O. The zero-order valence-electron chi connectivity index (χ0n) is 12.3. The first-order valence-corrected chi connectivity index (χ1v) is 7.90. The average molecular weight is 272 g/mol. The number of hydrogen-bond acceptors (Lipinski definition) is 2. The molecule has 0 radical (unpaired) electrons. The Labute approximate surface area is 121 Å². The lowest BCUT2D eigenvalue weighted by Crippen LogP contribution is -2.47. The van der Waals surface area contributed by atoms with Gasteiger partial charge in [0.2, 0.25) is 0 Å². The van der Waals surface area contributed by atoms with E-state index in [1.165, 1.54) is 18.4 Å². The largest absolute Gasteiger partial charge is 0.337 e. The Balaban J connectivity index is 1.67. The summed E-state index contributed by atoms with van der Waals surface area (Å²) in [4.78, 5) is 14.6. The molecule has 1 fully saturated rings. The molecule has 1 aromatic carbocycles. The molecule has 0 spiro atoms. The third-order valence-corrected chi connectivity index (χ3v) is 4.45. The molecular weight excluding hydrogens is 248 g/mol. The molecule has 1 atom stereocenters. The fraction of sp³-hybridized carbons (Fsp3) is 0.588. The van der Waals surface area contributed by atoms with E-state index in [4.69, 9.17) is 0 Å². The standard InChI is InChI=1S/C17H24N2O/c1-2-10-18-16(14-7-8-14)12-19-11-9-13-5-3-4-6-15(13)17(19)20/h3-6,14,16,18H,2,7-12H2,1H3. The van der Waals surface area contributed by atoms with Crippen LogP contribution in [0.3, 0.4) is 0 Å². The second-order valence-electron chi connectivity index (χ2n) is 6.06. The zero-order valence-corrected chi connectivity index (χ0v) is 12.3. The topological polar surface area (TPSA) is 32.3 Å². The van der Waals surface area contributed by atoms with E-state index in [-0.39, 0.29) is 5.91 Å². The van der Waals surface area contributed by atoms with Gasteiger partial charge in [-0.25, -0.2) is 0 Å². The number of amides is 1. The van der Waals surface area contributed by atoms with E-state index < -0.39 is 0 Å². The zero-order chi connectivity index (χ0) is 13.9. The Morgan fingerprint density at radius 3 is 2.90 bits per heavy atom. The van der Waals surface area contributed by atoms with Gasteiger partial charge >= 0.3 is 0 Å². The SMILES string of the molecule is CCCNC(CN1CCc2ccccc2C1=O)C1CC1. The molecule has 1 aromatic rings. The number of carbonyl (C=O) groups excluding carboxylic acids is 1. The van der Waals surface area contributed by atoms with E-state index in [1.807, 2.05) is 23.1 Å². The fourth-order valence-electron chi connectivity index (χ4n) is 3.09. The second kappa shape index (κ2) is 5.96. The van der Waals surface area contributed by atoms with Crippen molar-refractivity contribution >= 4 is 5.91 Å². The van der Waals surface area contributed by atoms with E-state index in [0.717, 1.165) is 44.0 Å². The van der Waals surface area contributed by atoms with E-state index in [2.05, 4.69) is 18.3 Å². The predicted molar refractivity (Wildman–Crippen MR) is 80.9 cm³/mol. The summed E-state index contributed by atoms with van der Waals surface area (Å²) in [7, 11) is 0. The third-order valence-electron chi connectivity index (χ3n) is 4.45. The smallest absolute Gasteiger partial charge is 0.254 e. The van der Waals surface area contributed by atoms with Gasteiger partial charge in [-0.15, -0.1) is 0 Å². The van der Waals surface area contributed by atoms with Crippen LogP contribution >= 0.6 is 0 Å². The molecule has 1 aliphatic carbocycles. The molecule has 1 amide bonds. The quantitative estimate of drug-likeness (QED) is 0.863. The molecule has 1 N–H and O–H groups in total. The Hall–Kier alpha value is -1.35. The summed E-state index contributed by atoms with van der Waals surface area (Å²) in [5.74, 6) is 1.00. The summed E-state index contributed by atoms with van der Waals surface area (Å²) in [5, 5.41) is 3.63. The van der Waals surface area contributed by atoms with Gasteiger partial charge in [0.15, 0.2) is 0 Å². The molecule has 0 aromatic heterocycles. The third kappa shape index (κ3) is 2.88. The van der Waals surface area contributed by atoms with Crippen LogP contribution in [0.1, 0.15) is 42.1 Å².